The molecule has 0 unspecified atom stereocenters. The molecule has 0 saturated heterocycles. The summed E-state index contributed by atoms with van der Waals surface area (Å²) in [5.41, 5.74) is 3.21. The molecule has 8 nitrogen and oxygen atoms in total. The van der Waals surface area contributed by atoms with E-state index in [9.17, 15) is 9.59 Å². The molecule has 0 heterocycles. The molecule has 0 aliphatic carbocycles. The fourth-order valence-electron chi connectivity index (χ4n) is 2.00. The van der Waals surface area contributed by atoms with Gasteiger partial charge in [0, 0.05) is 6.07 Å². The molecule has 2 amide bonds. The standard InChI is InChI=1S/C18H19N3O5/c1-24-13-6-4-12(5-7-13)11-19-21-18(23)17(22)20-15-10-14(25-2)8-9-16(15)26-3/h4-11H,1-3H3,(H,20,22)(H,21,23)/b19-11+. The maximum Gasteiger partial charge on any atom is 0.329 e. The molecular formula is C18H19N3O5. The molecule has 0 atom stereocenters. The van der Waals surface area contributed by atoms with Crippen LogP contribution in [0.15, 0.2) is 47.6 Å². The van der Waals surface area contributed by atoms with E-state index in [0.717, 1.165) is 5.56 Å². The van der Waals surface area contributed by atoms with Crippen LogP contribution in [0.2, 0.25) is 0 Å². The lowest BCUT2D eigenvalue weighted by molar-refractivity contribution is -0.136. The van der Waals surface area contributed by atoms with Crippen molar-refractivity contribution < 1.29 is 23.8 Å². The Kier molecular flexibility index (Phi) is 6.55. The third kappa shape index (κ3) is 4.97. The van der Waals surface area contributed by atoms with Crippen LogP contribution in [-0.2, 0) is 9.59 Å². The molecule has 0 aromatic heterocycles. The van der Waals surface area contributed by atoms with E-state index in [4.69, 9.17) is 14.2 Å². The number of carbonyl (C=O) groups is 2. The fourth-order valence-corrected chi connectivity index (χ4v) is 2.00. The SMILES string of the molecule is COc1ccc(/C=N/NC(=O)C(=O)Nc2cc(OC)ccc2OC)cc1. The third-order valence-electron chi connectivity index (χ3n) is 3.36. The van der Waals surface area contributed by atoms with Crippen molar-refractivity contribution >= 4 is 23.7 Å². The van der Waals surface area contributed by atoms with Crippen molar-refractivity contribution in [3.8, 4) is 17.2 Å². The van der Waals surface area contributed by atoms with Crippen LogP contribution in [0, 0.1) is 0 Å². The minimum Gasteiger partial charge on any atom is -0.497 e. The summed E-state index contributed by atoms with van der Waals surface area (Å²) >= 11 is 0. The number of rotatable bonds is 6. The summed E-state index contributed by atoms with van der Waals surface area (Å²) in [4.78, 5) is 23.9. The summed E-state index contributed by atoms with van der Waals surface area (Å²) in [7, 11) is 4.52. The van der Waals surface area contributed by atoms with Gasteiger partial charge in [0.05, 0.1) is 33.2 Å². The Morgan fingerprint density at radius 1 is 0.885 bits per heavy atom. The molecule has 2 rings (SSSR count). The van der Waals surface area contributed by atoms with Crippen LogP contribution in [-0.4, -0.2) is 39.4 Å². The number of hydrogen-bond donors (Lipinski definition) is 2. The number of nitrogens with one attached hydrogen (secondary N) is 2. The van der Waals surface area contributed by atoms with Gasteiger partial charge in [0.15, 0.2) is 0 Å². The molecule has 2 aromatic carbocycles. The first-order chi connectivity index (χ1) is 12.6. The predicted molar refractivity (Wildman–Crippen MR) is 96.9 cm³/mol. The van der Waals surface area contributed by atoms with E-state index >= 15 is 0 Å². The van der Waals surface area contributed by atoms with Crippen LogP contribution in [0.25, 0.3) is 0 Å². The van der Waals surface area contributed by atoms with Crippen molar-refractivity contribution in [3.05, 3.63) is 48.0 Å². The van der Waals surface area contributed by atoms with E-state index in [1.54, 1.807) is 49.6 Å². The number of nitrogens with zero attached hydrogens (tertiary/aromatic N) is 1. The normalized spacial score (nSPS) is 10.3. The van der Waals surface area contributed by atoms with Crippen LogP contribution >= 0.6 is 0 Å². The number of anilines is 1. The lowest BCUT2D eigenvalue weighted by Gasteiger charge is -2.11. The van der Waals surface area contributed by atoms with Crippen molar-refractivity contribution in [3.63, 3.8) is 0 Å². The van der Waals surface area contributed by atoms with Gasteiger partial charge in [-0.05, 0) is 42.0 Å². The number of carbonyl (C=O) groups excluding carboxylic acids is 2. The van der Waals surface area contributed by atoms with Crippen LogP contribution < -0.4 is 25.0 Å². The van der Waals surface area contributed by atoms with Crippen LogP contribution in [0.4, 0.5) is 5.69 Å². The Labute approximate surface area is 150 Å². The number of amides is 2. The maximum atomic E-state index is 12.0. The minimum absolute atomic E-state index is 0.311. The molecule has 2 aromatic rings. The van der Waals surface area contributed by atoms with Crippen molar-refractivity contribution in [2.24, 2.45) is 5.10 Å². The highest BCUT2D eigenvalue weighted by Crippen LogP contribution is 2.28. The molecular weight excluding hydrogens is 338 g/mol. The monoisotopic (exact) mass is 357 g/mol. The van der Waals surface area contributed by atoms with Crippen molar-refractivity contribution in [1.82, 2.24) is 5.43 Å². The number of hydrazone groups is 1. The molecule has 0 aliphatic heterocycles. The van der Waals surface area contributed by atoms with Gasteiger partial charge in [-0.3, -0.25) is 9.59 Å². The Morgan fingerprint density at radius 2 is 1.54 bits per heavy atom. The van der Waals surface area contributed by atoms with E-state index < -0.39 is 11.8 Å². The van der Waals surface area contributed by atoms with Crippen molar-refractivity contribution in [1.29, 1.82) is 0 Å². The van der Waals surface area contributed by atoms with E-state index in [1.165, 1.54) is 20.4 Å². The topological polar surface area (TPSA) is 98.2 Å². The highest BCUT2D eigenvalue weighted by atomic mass is 16.5. The fraction of sp³-hybridized carbons (Fsp3) is 0.167. The van der Waals surface area contributed by atoms with E-state index in [1.807, 2.05) is 0 Å². The van der Waals surface area contributed by atoms with Gasteiger partial charge in [0.25, 0.3) is 0 Å². The van der Waals surface area contributed by atoms with Gasteiger partial charge in [-0.25, -0.2) is 5.43 Å². The Balaban J connectivity index is 1.97. The minimum atomic E-state index is -0.917. The predicted octanol–water partition coefficient (Wildman–Crippen LogP) is 1.80. The lowest BCUT2D eigenvalue weighted by Crippen LogP contribution is -2.32. The summed E-state index contributed by atoms with van der Waals surface area (Å²) in [6.07, 6.45) is 1.41. The van der Waals surface area contributed by atoms with Crippen molar-refractivity contribution in [2.75, 3.05) is 26.6 Å². The Hall–Kier alpha value is -3.55. The first kappa shape index (κ1) is 18.8. The third-order valence-corrected chi connectivity index (χ3v) is 3.36. The Morgan fingerprint density at radius 3 is 2.15 bits per heavy atom. The number of hydrogen-bond acceptors (Lipinski definition) is 6. The van der Waals surface area contributed by atoms with Crippen LogP contribution in [0.1, 0.15) is 5.56 Å². The van der Waals surface area contributed by atoms with Gasteiger partial charge < -0.3 is 19.5 Å². The second-order valence-corrected chi connectivity index (χ2v) is 4.99. The molecule has 0 spiro atoms. The van der Waals surface area contributed by atoms with Crippen molar-refractivity contribution in [2.45, 2.75) is 0 Å². The number of ether oxygens (including phenoxy) is 3. The highest BCUT2D eigenvalue weighted by Gasteiger charge is 2.16. The maximum absolute atomic E-state index is 12.0. The largest absolute Gasteiger partial charge is 0.497 e. The average Bonchev–Trinajstić information content (AvgIpc) is 2.68. The summed E-state index contributed by atoms with van der Waals surface area (Å²) in [6, 6.07) is 11.9. The molecule has 8 heteroatoms. The van der Waals surface area contributed by atoms with Gasteiger partial charge in [0.1, 0.15) is 17.2 Å². The average molecular weight is 357 g/mol. The van der Waals surface area contributed by atoms with Gasteiger partial charge in [-0.2, -0.15) is 5.10 Å². The van der Waals surface area contributed by atoms with Gasteiger partial charge in [-0.1, -0.05) is 0 Å². The molecule has 0 aliphatic rings. The van der Waals surface area contributed by atoms with Crippen LogP contribution in [0.3, 0.4) is 0 Å². The lowest BCUT2D eigenvalue weighted by atomic mass is 10.2. The number of methoxy groups -OCH3 is 3. The molecule has 0 fully saturated rings. The van der Waals surface area contributed by atoms with E-state index in [-0.39, 0.29) is 0 Å². The number of benzene rings is 2. The van der Waals surface area contributed by atoms with E-state index in [2.05, 4.69) is 15.8 Å². The Bertz CT molecular complexity index is 803. The second kappa shape index (κ2) is 9.07. The highest BCUT2D eigenvalue weighted by molar-refractivity contribution is 6.39. The first-order valence-corrected chi connectivity index (χ1v) is 7.58. The van der Waals surface area contributed by atoms with E-state index in [0.29, 0.717) is 22.9 Å². The molecule has 0 radical (unpaired) electrons. The zero-order chi connectivity index (χ0) is 18.9. The second-order valence-electron chi connectivity index (χ2n) is 4.99. The zero-order valence-corrected chi connectivity index (χ0v) is 14.6. The summed E-state index contributed by atoms with van der Waals surface area (Å²) in [5.74, 6) is -0.186. The molecule has 0 saturated carbocycles. The molecule has 2 N–H and O–H groups in total. The zero-order valence-electron chi connectivity index (χ0n) is 14.6. The molecule has 26 heavy (non-hydrogen) atoms. The smallest absolute Gasteiger partial charge is 0.329 e. The summed E-state index contributed by atoms with van der Waals surface area (Å²) < 4.78 is 15.3. The van der Waals surface area contributed by atoms with Gasteiger partial charge in [0.2, 0.25) is 0 Å². The quantitative estimate of drug-likeness (QED) is 0.467. The van der Waals surface area contributed by atoms with Gasteiger partial charge >= 0.3 is 11.8 Å². The van der Waals surface area contributed by atoms with Crippen LogP contribution in [0.5, 0.6) is 17.2 Å². The molecule has 136 valence electrons. The first-order valence-electron chi connectivity index (χ1n) is 7.58. The van der Waals surface area contributed by atoms with Gasteiger partial charge in [-0.15, -0.1) is 0 Å². The summed E-state index contributed by atoms with van der Waals surface area (Å²) in [5, 5.41) is 6.21. The molecule has 0 bridgehead atoms. The summed E-state index contributed by atoms with van der Waals surface area (Å²) in [6.45, 7) is 0.